The molecule has 2 aromatic rings. The Labute approximate surface area is 133 Å². The standard InChI is InChI=1S/C16H19N3O2S/c1-21-13-4-2-12(3-5-13)10-15-18-14(11-22-15)16(20)19-8-6-17-7-9-19/h2-5,11,17H,6-10H2,1H3. The second kappa shape index (κ2) is 6.89. The molecule has 116 valence electrons. The number of benzene rings is 1. The largest absolute Gasteiger partial charge is 0.497 e. The number of hydrogen-bond acceptors (Lipinski definition) is 5. The third-order valence-electron chi connectivity index (χ3n) is 3.69. The number of hydrogen-bond donors (Lipinski definition) is 1. The Morgan fingerprint density at radius 1 is 1.32 bits per heavy atom. The van der Waals surface area contributed by atoms with E-state index in [1.807, 2.05) is 34.5 Å². The monoisotopic (exact) mass is 317 g/mol. The molecule has 1 amide bonds. The van der Waals surface area contributed by atoms with Crippen LogP contribution < -0.4 is 10.1 Å². The number of nitrogens with one attached hydrogen (secondary N) is 1. The van der Waals surface area contributed by atoms with Crippen molar-refractivity contribution in [3.63, 3.8) is 0 Å². The minimum Gasteiger partial charge on any atom is -0.497 e. The summed E-state index contributed by atoms with van der Waals surface area (Å²) < 4.78 is 5.15. The summed E-state index contributed by atoms with van der Waals surface area (Å²) in [4.78, 5) is 18.7. The number of carbonyl (C=O) groups is 1. The molecule has 0 saturated carbocycles. The summed E-state index contributed by atoms with van der Waals surface area (Å²) in [7, 11) is 1.66. The van der Waals surface area contributed by atoms with E-state index in [-0.39, 0.29) is 5.91 Å². The molecule has 0 spiro atoms. The maximum Gasteiger partial charge on any atom is 0.273 e. The van der Waals surface area contributed by atoms with Gasteiger partial charge in [-0.15, -0.1) is 11.3 Å². The molecular formula is C16H19N3O2S. The number of amides is 1. The molecule has 0 aliphatic carbocycles. The van der Waals surface area contributed by atoms with Crippen LogP contribution in [0.15, 0.2) is 29.6 Å². The summed E-state index contributed by atoms with van der Waals surface area (Å²) in [5.74, 6) is 0.885. The number of nitrogens with zero attached hydrogens (tertiary/aromatic N) is 2. The van der Waals surface area contributed by atoms with Crippen LogP contribution in [-0.4, -0.2) is 49.1 Å². The van der Waals surface area contributed by atoms with Gasteiger partial charge in [-0.05, 0) is 17.7 Å². The lowest BCUT2D eigenvalue weighted by Crippen LogP contribution is -2.46. The molecule has 5 nitrogen and oxygen atoms in total. The summed E-state index contributed by atoms with van der Waals surface area (Å²) >= 11 is 1.54. The first-order valence-corrected chi connectivity index (χ1v) is 8.21. The topological polar surface area (TPSA) is 54.5 Å². The Kier molecular flexibility index (Phi) is 4.70. The SMILES string of the molecule is COc1ccc(Cc2nc(C(=O)N3CCNCC3)cs2)cc1. The highest BCUT2D eigenvalue weighted by Gasteiger charge is 2.20. The number of ether oxygens (including phenoxy) is 1. The molecule has 1 aromatic heterocycles. The Hall–Kier alpha value is -1.92. The average molecular weight is 317 g/mol. The lowest BCUT2D eigenvalue weighted by atomic mass is 10.1. The van der Waals surface area contributed by atoms with Gasteiger partial charge in [0.2, 0.25) is 0 Å². The van der Waals surface area contributed by atoms with E-state index in [1.165, 1.54) is 0 Å². The van der Waals surface area contributed by atoms with Crippen molar-refractivity contribution in [1.29, 1.82) is 0 Å². The van der Waals surface area contributed by atoms with Gasteiger partial charge in [0.05, 0.1) is 12.1 Å². The van der Waals surface area contributed by atoms with Gasteiger partial charge in [-0.2, -0.15) is 0 Å². The third kappa shape index (κ3) is 3.45. The summed E-state index contributed by atoms with van der Waals surface area (Å²) in [5, 5.41) is 6.07. The summed E-state index contributed by atoms with van der Waals surface area (Å²) in [6, 6.07) is 7.93. The zero-order valence-electron chi connectivity index (χ0n) is 12.5. The summed E-state index contributed by atoms with van der Waals surface area (Å²) in [5.41, 5.74) is 1.73. The van der Waals surface area contributed by atoms with E-state index in [1.54, 1.807) is 18.4 Å². The zero-order chi connectivity index (χ0) is 15.4. The van der Waals surface area contributed by atoms with Crippen molar-refractivity contribution in [3.05, 3.63) is 45.9 Å². The smallest absolute Gasteiger partial charge is 0.273 e. The van der Waals surface area contributed by atoms with Crippen LogP contribution in [0.5, 0.6) is 5.75 Å². The van der Waals surface area contributed by atoms with Gasteiger partial charge in [0.25, 0.3) is 5.91 Å². The van der Waals surface area contributed by atoms with Gasteiger partial charge >= 0.3 is 0 Å². The first kappa shape index (κ1) is 15.0. The predicted molar refractivity (Wildman–Crippen MR) is 86.7 cm³/mol. The van der Waals surface area contributed by atoms with Crippen LogP contribution in [0.25, 0.3) is 0 Å². The molecule has 1 aliphatic rings. The van der Waals surface area contributed by atoms with Gasteiger partial charge in [-0.25, -0.2) is 4.98 Å². The van der Waals surface area contributed by atoms with Crippen molar-refractivity contribution in [2.45, 2.75) is 6.42 Å². The highest BCUT2D eigenvalue weighted by atomic mass is 32.1. The average Bonchev–Trinajstić information content (AvgIpc) is 3.04. The van der Waals surface area contributed by atoms with Crippen LogP contribution in [0.2, 0.25) is 0 Å². The van der Waals surface area contributed by atoms with Crippen LogP contribution in [0, 0.1) is 0 Å². The van der Waals surface area contributed by atoms with Crippen molar-refractivity contribution >= 4 is 17.2 Å². The normalized spacial score (nSPS) is 14.9. The van der Waals surface area contributed by atoms with Crippen LogP contribution in [0.4, 0.5) is 0 Å². The molecule has 0 atom stereocenters. The molecule has 1 aliphatic heterocycles. The number of thiazole rings is 1. The molecule has 1 saturated heterocycles. The maximum atomic E-state index is 12.4. The Balaban J connectivity index is 1.66. The lowest BCUT2D eigenvalue weighted by Gasteiger charge is -2.26. The van der Waals surface area contributed by atoms with Crippen molar-refractivity contribution in [2.75, 3.05) is 33.3 Å². The quantitative estimate of drug-likeness (QED) is 0.934. The fourth-order valence-corrected chi connectivity index (χ4v) is 3.24. The first-order valence-electron chi connectivity index (χ1n) is 7.33. The fraction of sp³-hybridized carbons (Fsp3) is 0.375. The van der Waals surface area contributed by atoms with E-state index < -0.39 is 0 Å². The molecule has 3 rings (SSSR count). The maximum absolute atomic E-state index is 12.4. The molecule has 6 heteroatoms. The molecule has 1 N–H and O–H groups in total. The van der Waals surface area contributed by atoms with Crippen molar-refractivity contribution in [1.82, 2.24) is 15.2 Å². The Bertz CT molecular complexity index is 633. The van der Waals surface area contributed by atoms with Crippen LogP contribution in [-0.2, 0) is 6.42 Å². The second-order valence-corrected chi connectivity index (χ2v) is 6.14. The summed E-state index contributed by atoms with van der Waals surface area (Å²) in [6.07, 6.45) is 0.740. The van der Waals surface area contributed by atoms with Gasteiger partial charge < -0.3 is 15.0 Å². The number of carbonyl (C=O) groups excluding carboxylic acids is 1. The molecule has 1 fully saturated rings. The van der Waals surface area contributed by atoms with E-state index >= 15 is 0 Å². The van der Waals surface area contributed by atoms with Crippen molar-refractivity contribution in [3.8, 4) is 5.75 Å². The van der Waals surface area contributed by atoms with E-state index in [9.17, 15) is 4.79 Å². The van der Waals surface area contributed by atoms with Gasteiger partial charge in [0.1, 0.15) is 11.4 Å². The highest BCUT2D eigenvalue weighted by Crippen LogP contribution is 2.18. The van der Waals surface area contributed by atoms with Crippen LogP contribution >= 0.6 is 11.3 Å². The van der Waals surface area contributed by atoms with Crippen LogP contribution in [0.3, 0.4) is 0 Å². The predicted octanol–water partition coefficient (Wildman–Crippen LogP) is 1.79. The number of piperazine rings is 1. The molecule has 0 unspecified atom stereocenters. The second-order valence-electron chi connectivity index (χ2n) is 5.19. The Morgan fingerprint density at radius 2 is 2.05 bits per heavy atom. The number of methoxy groups -OCH3 is 1. The van der Waals surface area contributed by atoms with Crippen LogP contribution in [0.1, 0.15) is 21.1 Å². The van der Waals surface area contributed by atoms with Crippen molar-refractivity contribution in [2.24, 2.45) is 0 Å². The number of rotatable bonds is 4. The zero-order valence-corrected chi connectivity index (χ0v) is 13.4. The molecule has 0 bridgehead atoms. The molecule has 2 heterocycles. The minimum atomic E-state index is 0.0405. The van der Waals surface area contributed by atoms with E-state index in [2.05, 4.69) is 10.3 Å². The molecule has 0 radical (unpaired) electrons. The van der Waals surface area contributed by atoms with Gasteiger partial charge in [-0.1, -0.05) is 12.1 Å². The van der Waals surface area contributed by atoms with Gasteiger partial charge in [0, 0.05) is 38.0 Å². The molecule has 22 heavy (non-hydrogen) atoms. The first-order chi connectivity index (χ1) is 10.8. The molecule has 1 aromatic carbocycles. The van der Waals surface area contributed by atoms with Gasteiger partial charge in [-0.3, -0.25) is 4.79 Å². The van der Waals surface area contributed by atoms with E-state index in [0.717, 1.165) is 48.9 Å². The minimum absolute atomic E-state index is 0.0405. The van der Waals surface area contributed by atoms with Gasteiger partial charge in [0.15, 0.2) is 0 Å². The fourth-order valence-electron chi connectivity index (χ4n) is 2.44. The van der Waals surface area contributed by atoms with E-state index in [0.29, 0.717) is 5.69 Å². The lowest BCUT2D eigenvalue weighted by molar-refractivity contribution is 0.0730. The Morgan fingerprint density at radius 3 is 2.73 bits per heavy atom. The third-order valence-corrected chi connectivity index (χ3v) is 4.54. The highest BCUT2D eigenvalue weighted by molar-refractivity contribution is 7.09. The molecular weight excluding hydrogens is 298 g/mol. The summed E-state index contributed by atoms with van der Waals surface area (Å²) in [6.45, 7) is 3.22. The van der Waals surface area contributed by atoms with E-state index in [4.69, 9.17) is 4.74 Å². The van der Waals surface area contributed by atoms with Crippen molar-refractivity contribution < 1.29 is 9.53 Å². The number of aromatic nitrogens is 1.